The van der Waals surface area contributed by atoms with E-state index in [1.807, 2.05) is 0 Å². The Kier molecular flexibility index (Phi) is 4.18. The molecular formula is C12H21NO3. The van der Waals surface area contributed by atoms with Crippen molar-refractivity contribution in [2.24, 2.45) is 11.8 Å². The second-order valence-corrected chi connectivity index (χ2v) is 4.93. The SMILES string of the molecule is O=C1OCCC1CCN1CCCC(CO)C1. The summed E-state index contributed by atoms with van der Waals surface area (Å²) in [5.74, 6) is 0.537. The van der Waals surface area contributed by atoms with E-state index in [0.29, 0.717) is 19.1 Å². The molecule has 2 saturated heterocycles. The van der Waals surface area contributed by atoms with Crippen LogP contribution in [0, 0.1) is 11.8 Å². The lowest BCUT2D eigenvalue weighted by Gasteiger charge is -2.32. The van der Waals surface area contributed by atoms with Crippen molar-refractivity contribution < 1.29 is 14.6 Å². The number of hydrogen-bond donors (Lipinski definition) is 1. The zero-order valence-corrected chi connectivity index (χ0v) is 9.73. The Bertz CT molecular complexity index is 244. The van der Waals surface area contributed by atoms with Crippen LogP contribution in [0.5, 0.6) is 0 Å². The molecular weight excluding hydrogens is 206 g/mol. The Morgan fingerprint density at radius 3 is 3.00 bits per heavy atom. The van der Waals surface area contributed by atoms with Crippen LogP contribution in [0.2, 0.25) is 0 Å². The fourth-order valence-electron chi connectivity index (χ4n) is 2.64. The first-order valence-corrected chi connectivity index (χ1v) is 6.29. The largest absolute Gasteiger partial charge is 0.465 e. The Morgan fingerprint density at radius 2 is 2.31 bits per heavy atom. The number of ether oxygens (including phenoxy) is 1. The van der Waals surface area contributed by atoms with Gasteiger partial charge in [-0.1, -0.05) is 0 Å². The minimum absolute atomic E-state index is 0.0179. The van der Waals surface area contributed by atoms with Crippen LogP contribution < -0.4 is 0 Å². The van der Waals surface area contributed by atoms with Gasteiger partial charge in [0, 0.05) is 13.2 Å². The van der Waals surface area contributed by atoms with E-state index in [9.17, 15) is 4.79 Å². The molecule has 0 spiro atoms. The highest BCUT2D eigenvalue weighted by Crippen LogP contribution is 2.21. The number of aliphatic hydroxyl groups excluding tert-OH is 1. The maximum absolute atomic E-state index is 11.3. The Balaban J connectivity index is 1.70. The van der Waals surface area contributed by atoms with Crippen LogP contribution in [0.25, 0.3) is 0 Å². The van der Waals surface area contributed by atoms with Crippen LogP contribution in [-0.4, -0.2) is 48.8 Å². The van der Waals surface area contributed by atoms with Gasteiger partial charge in [-0.15, -0.1) is 0 Å². The van der Waals surface area contributed by atoms with Crippen molar-refractivity contribution in [3.8, 4) is 0 Å². The number of hydrogen-bond acceptors (Lipinski definition) is 4. The molecule has 0 bridgehead atoms. The number of rotatable bonds is 4. The first-order valence-electron chi connectivity index (χ1n) is 6.29. The Hall–Kier alpha value is -0.610. The maximum atomic E-state index is 11.3. The molecule has 2 fully saturated rings. The normalized spacial score (nSPS) is 31.7. The topological polar surface area (TPSA) is 49.8 Å². The number of cyclic esters (lactones) is 1. The molecule has 92 valence electrons. The van der Waals surface area contributed by atoms with Crippen molar-refractivity contribution >= 4 is 5.97 Å². The zero-order valence-electron chi connectivity index (χ0n) is 9.73. The summed E-state index contributed by atoms with van der Waals surface area (Å²) in [4.78, 5) is 13.7. The molecule has 1 N–H and O–H groups in total. The van der Waals surface area contributed by atoms with Gasteiger partial charge in [0.1, 0.15) is 0 Å². The van der Waals surface area contributed by atoms with Gasteiger partial charge in [-0.2, -0.15) is 0 Å². The standard InChI is InChI=1S/C12H21NO3/c14-9-10-2-1-5-13(8-10)6-3-11-4-7-16-12(11)15/h10-11,14H,1-9H2. The summed E-state index contributed by atoms with van der Waals surface area (Å²) in [5.41, 5.74) is 0. The summed E-state index contributed by atoms with van der Waals surface area (Å²) < 4.78 is 4.95. The van der Waals surface area contributed by atoms with Gasteiger partial charge in [-0.25, -0.2) is 0 Å². The molecule has 0 amide bonds. The lowest BCUT2D eigenvalue weighted by atomic mass is 9.97. The molecule has 2 unspecified atom stereocenters. The molecule has 2 atom stereocenters. The molecule has 0 aromatic carbocycles. The van der Waals surface area contributed by atoms with Crippen LogP contribution in [0.4, 0.5) is 0 Å². The molecule has 0 aliphatic carbocycles. The van der Waals surface area contributed by atoms with Crippen LogP contribution in [0.15, 0.2) is 0 Å². The minimum Gasteiger partial charge on any atom is -0.465 e. The summed E-state index contributed by atoms with van der Waals surface area (Å²) in [6, 6.07) is 0. The molecule has 2 aliphatic heterocycles. The van der Waals surface area contributed by atoms with E-state index in [1.54, 1.807) is 0 Å². The lowest BCUT2D eigenvalue weighted by molar-refractivity contribution is -0.141. The van der Waals surface area contributed by atoms with E-state index in [4.69, 9.17) is 9.84 Å². The Labute approximate surface area is 96.6 Å². The van der Waals surface area contributed by atoms with E-state index in [1.165, 1.54) is 6.42 Å². The van der Waals surface area contributed by atoms with Crippen LogP contribution in [-0.2, 0) is 9.53 Å². The molecule has 2 aliphatic rings. The van der Waals surface area contributed by atoms with Crippen molar-refractivity contribution in [3.63, 3.8) is 0 Å². The van der Waals surface area contributed by atoms with Gasteiger partial charge < -0.3 is 14.7 Å². The van der Waals surface area contributed by atoms with Crippen molar-refractivity contribution in [1.29, 1.82) is 0 Å². The highest BCUT2D eigenvalue weighted by atomic mass is 16.5. The number of nitrogens with zero attached hydrogens (tertiary/aromatic N) is 1. The maximum Gasteiger partial charge on any atom is 0.309 e. The number of carbonyl (C=O) groups is 1. The number of aliphatic hydroxyl groups is 1. The quantitative estimate of drug-likeness (QED) is 0.716. The first-order chi connectivity index (χ1) is 7.79. The van der Waals surface area contributed by atoms with E-state index in [0.717, 1.165) is 38.9 Å². The smallest absolute Gasteiger partial charge is 0.309 e. The highest BCUT2D eigenvalue weighted by Gasteiger charge is 2.27. The van der Waals surface area contributed by atoms with Crippen molar-refractivity contribution in [1.82, 2.24) is 4.90 Å². The molecule has 4 nitrogen and oxygen atoms in total. The third-order valence-electron chi connectivity index (χ3n) is 3.70. The van der Waals surface area contributed by atoms with Gasteiger partial charge in [0.25, 0.3) is 0 Å². The molecule has 0 saturated carbocycles. The van der Waals surface area contributed by atoms with Gasteiger partial charge in [-0.05, 0) is 44.7 Å². The first kappa shape index (κ1) is 11.9. The van der Waals surface area contributed by atoms with Crippen molar-refractivity contribution in [3.05, 3.63) is 0 Å². The predicted octanol–water partition coefficient (Wildman–Crippen LogP) is 0.644. The van der Waals surface area contributed by atoms with E-state index < -0.39 is 0 Å². The van der Waals surface area contributed by atoms with E-state index in [-0.39, 0.29) is 11.9 Å². The number of carbonyl (C=O) groups excluding carboxylic acids is 1. The Morgan fingerprint density at radius 1 is 1.44 bits per heavy atom. The number of piperidine rings is 1. The fraction of sp³-hybridized carbons (Fsp3) is 0.917. The summed E-state index contributed by atoms with van der Waals surface area (Å²) in [6.45, 7) is 3.96. The molecule has 0 aromatic rings. The van der Waals surface area contributed by atoms with E-state index >= 15 is 0 Å². The molecule has 2 heterocycles. The molecule has 0 radical (unpaired) electrons. The predicted molar refractivity (Wildman–Crippen MR) is 59.9 cm³/mol. The lowest BCUT2D eigenvalue weighted by Crippen LogP contribution is -2.38. The van der Waals surface area contributed by atoms with Crippen LogP contribution in [0.3, 0.4) is 0 Å². The van der Waals surface area contributed by atoms with Gasteiger partial charge in [0.2, 0.25) is 0 Å². The molecule has 0 aromatic heterocycles. The third kappa shape index (κ3) is 2.95. The summed E-state index contributed by atoms with van der Waals surface area (Å²) >= 11 is 0. The molecule has 16 heavy (non-hydrogen) atoms. The average Bonchev–Trinajstić information content (AvgIpc) is 2.72. The summed E-state index contributed by atoms with van der Waals surface area (Å²) in [5, 5.41) is 9.13. The number of esters is 1. The second kappa shape index (κ2) is 5.64. The van der Waals surface area contributed by atoms with Crippen molar-refractivity contribution in [2.75, 3.05) is 32.8 Å². The highest BCUT2D eigenvalue weighted by molar-refractivity contribution is 5.74. The van der Waals surface area contributed by atoms with Crippen molar-refractivity contribution in [2.45, 2.75) is 25.7 Å². The van der Waals surface area contributed by atoms with Gasteiger partial charge in [0.15, 0.2) is 0 Å². The number of likely N-dealkylation sites (tertiary alicyclic amines) is 1. The van der Waals surface area contributed by atoms with Gasteiger partial charge in [0.05, 0.1) is 12.5 Å². The van der Waals surface area contributed by atoms with Crippen LogP contribution in [0.1, 0.15) is 25.7 Å². The molecule has 2 rings (SSSR count). The summed E-state index contributed by atoms with van der Waals surface area (Å²) in [7, 11) is 0. The fourth-order valence-corrected chi connectivity index (χ4v) is 2.64. The second-order valence-electron chi connectivity index (χ2n) is 4.93. The average molecular weight is 227 g/mol. The zero-order chi connectivity index (χ0) is 11.4. The van der Waals surface area contributed by atoms with Crippen LogP contribution >= 0.6 is 0 Å². The monoisotopic (exact) mass is 227 g/mol. The minimum atomic E-state index is -0.0179. The molecule has 4 heteroatoms. The van der Waals surface area contributed by atoms with Gasteiger partial charge >= 0.3 is 5.97 Å². The summed E-state index contributed by atoms with van der Waals surface area (Å²) in [6.07, 6.45) is 4.10. The van der Waals surface area contributed by atoms with E-state index in [2.05, 4.69) is 4.90 Å². The third-order valence-corrected chi connectivity index (χ3v) is 3.70. The van der Waals surface area contributed by atoms with Gasteiger partial charge in [-0.3, -0.25) is 4.79 Å².